The number of hydrazine groups is 1. The first-order valence-electron chi connectivity index (χ1n) is 6.55. The number of aromatic nitrogens is 1. The maximum absolute atomic E-state index is 13.2. The molecule has 0 spiro atoms. The van der Waals surface area contributed by atoms with E-state index in [9.17, 15) is 18.3 Å². The first-order chi connectivity index (χ1) is 10.9. The van der Waals surface area contributed by atoms with Crippen molar-refractivity contribution in [3.8, 4) is 6.07 Å². The van der Waals surface area contributed by atoms with Gasteiger partial charge in [-0.2, -0.15) is 18.4 Å². The third-order valence-electron chi connectivity index (χ3n) is 3.12. The number of aliphatic hydroxyl groups is 1. The maximum Gasteiger partial charge on any atom is 0.409 e. The smallest absolute Gasteiger partial charge is 0.359 e. The molecule has 2 aromatic rings. The highest BCUT2D eigenvalue weighted by atomic mass is 19.4. The molecular weight excluding hydrogens is 309 g/mol. The topological polar surface area (TPSA) is 81.0 Å². The van der Waals surface area contributed by atoms with Crippen LogP contribution in [0.2, 0.25) is 0 Å². The Morgan fingerprint density at radius 3 is 2.22 bits per heavy atom. The fraction of sp³-hybridized carbons (Fsp3) is 0.200. The number of halogens is 3. The molecule has 2 atom stereocenters. The molecule has 3 N–H and O–H groups in total. The molecule has 0 amide bonds. The minimum absolute atomic E-state index is 0.0532. The fourth-order valence-electron chi connectivity index (χ4n) is 1.93. The maximum atomic E-state index is 13.2. The highest BCUT2D eigenvalue weighted by Crippen LogP contribution is 2.32. The molecular formula is C15H13F3N4O. The van der Waals surface area contributed by atoms with E-state index in [2.05, 4.69) is 10.4 Å². The van der Waals surface area contributed by atoms with Crippen molar-refractivity contribution in [1.82, 2.24) is 15.8 Å². The predicted octanol–water partition coefficient (Wildman–Crippen LogP) is 2.15. The Bertz CT molecular complexity index is 673. The Morgan fingerprint density at radius 1 is 1.09 bits per heavy atom. The van der Waals surface area contributed by atoms with Crippen molar-refractivity contribution in [3.05, 3.63) is 66.0 Å². The van der Waals surface area contributed by atoms with Crippen LogP contribution in [0.3, 0.4) is 0 Å². The monoisotopic (exact) mass is 322 g/mol. The Labute approximate surface area is 130 Å². The molecule has 0 aliphatic rings. The molecule has 8 heteroatoms. The Morgan fingerprint density at radius 2 is 1.70 bits per heavy atom. The molecule has 1 aromatic heterocycles. The molecule has 0 fully saturated rings. The van der Waals surface area contributed by atoms with Gasteiger partial charge in [-0.15, -0.1) is 0 Å². The third kappa shape index (κ3) is 4.04. The van der Waals surface area contributed by atoms with E-state index < -0.39 is 17.9 Å². The molecule has 0 saturated carbocycles. The summed E-state index contributed by atoms with van der Waals surface area (Å²) in [4.78, 5) is 3.73. The van der Waals surface area contributed by atoms with Crippen LogP contribution in [0.15, 0.2) is 54.9 Å². The summed E-state index contributed by atoms with van der Waals surface area (Å²) in [7, 11) is 0. The van der Waals surface area contributed by atoms with Crippen LogP contribution in [0.5, 0.6) is 0 Å². The molecule has 2 rings (SSSR count). The molecule has 0 saturated heterocycles. The second-order valence-corrected chi connectivity index (χ2v) is 4.71. The van der Waals surface area contributed by atoms with E-state index in [0.717, 1.165) is 0 Å². The zero-order valence-electron chi connectivity index (χ0n) is 11.7. The van der Waals surface area contributed by atoms with E-state index in [0.29, 0.717) is 0 Å². The van der Waals surface area contributed by atoms with E-state index >= 15 is 0 Å². The van der Waals surface area contributed by atoms with Crippen molar-refractivity contribution in [2.75, 3.05) is 0 Å². The van der Waals surface area contributed by atoms with Gasteiger partial charge in [-0.25, -0.2) is 10.9 Å². The number of hydrogen-bond donors (Lipinski definition) is 3. The molecule has 0 aliphatic heterocycles. The number of pyridine rings is 1. The SMILES string of the molecule is N#CC(O)(NNC(c1ccccc1)C(F)(F)F)c1ccncc1. The zero-order valence-corrected chi connectivity index (χ0v) is 11.7. The van der Waals surface area contributed by atoms with Crippen molar-refractivity contribution >= 4 is 0 Å². The Hall–Kier alpha value is -2.47. The normalized spacial score (nSPS) is 15.4. The number of rotatable bonds is 5. The van der Waals surface area contributed by atoms with Crippen molar-refractivity contribution in [3.63, 3.8) is 0 Å². The van der Waals surface area contributed by atoms with Crippen LogP contribution in [0.1, 0.15) is 17.2 Å². The second kappa shape index (κ2) is 6.75. The van der Waals surface area contributed by atoms with Crippen molar-refractivity contribution in [2.24, 2.45) is 0 Å². The van der Waals surface area contributed by atoms with E-state index in [-0.39, 0.29) is 11.1 Å². The lowest BCUT2D eigenvalue weighted by molar-refractivity contribution is -0.164. The highest BCUT2D eigenvalue weighted by Gasteiger charge is 2.42. The summed E-state index contributed by atoms with van der Waals surface area (Å²) in [5.74, 6) is 0. The molecule has 23 heavy (non-hydrogen) atoms. The van der Waals surface area contributed by atoms with Gasteiger partial charge >= 0.3 is 6.18 Å². The van der Waals surface area contributed by atoms with E-state index in [1.165, 1.54) is 54.9 Å². The third-order valence-corrected chi connectivity index (χ3v) is 3.12. The van der Waals surface area contributed by atoms with Gasteiger partial charge in [0, 0.05) is 18.0 Å². The number of hydrogen-bond acceptors (Lipinski definition) is 5. The first-order valence-corrected chi connectivity index (χ1v) is 6.55. The van der Waals surface area contributed by atoms with Crippen LogP contribution in [0.25, 0.3) is 0 Å². The first kappa shape index (κ1) is 16.9. The van der Waals surface area contributed by atoms with Gasteiger partial charge in [0.05, 0.1) is 0 Å². The van der Waals surface area contributed by atoms with Gasteiger partial charge in [0.25, 0.3) is 0 Å². The van der Waals surface area contributed by atoms with Gasteiger partial charge in [-0.3, -0.25) is 4.98 Å². The van der Waals surface area contributed by atoms with Crippen LogP contribution >= 0.6 is 0 Å². The molecule has 1 aromatic carbocycles. The van der Waals surface area contributed by atoms with Crippen LogP contribution in [0.4, 0.5) is 13.2 Å². The molecule has 1 heterocycles. The minimum atomic E-state index is -4.62. The highest BCUT2D eigenvalue weighted by molar-refractivity contribution is 5.25. The average Bonchev–Trinajstić information content (AvgIpc) is 2.55. The molecule has 0 radical (unpaired) electrons. The summed E-state index contributed by atoms with van der Waals surface area (Å²) in [6.45, 7) is 0. The van der Waals surface area contributed by atoms with Gasteiger partial charge in [0.2, 0.25) is 5.72 Å². The molecule has 0 bridgehead atoms. The van der Waals surface area contributed by atoms with E-state index in [1.807, 2.05) is 5.43 Å². The quantitative estimate of drug-likeness (QED) is 0.446. The molecule has 5 nitrogen and oxygen atoms in total. The summed E-state index contributed by atoms with van der Waals surface area (Å²) in [5, 5.41) is 19.3. The van der Waals surface area contributed by atoms with Crippen LogP contribution in [0, 0.1) is 11.3 Å². The number of nitrogens with zero attached hydrogens (tertiary/aromatic N) is 2. The van der Waals surface area contributed by atoms with Gasteiger partial charge in [-0.05, 0) is 17.7 Å². The van der Waals surface area contributed by atoms with Crippen molar-refractivity contribution in [2.45, 2.75) is 17.9 Å². The number of alkyl halides is 3. The van der Waals surface area contributed by atoms with Gasteiger partial charge in [-0.1, -0.05) is 30.3 Å². The predicted molar refractivity (Wildman–Crippen MR) is 75.3 cm³/mol. The average molecular weight is 322 g/mol. The molecule has 2 unspecified atom stereocenters. The summed E-state index contributed by atoms with van der Waals surface area (Å²) in [5.41, 5.74) is 1.74. The number of nitrogens with one attached hydrogen (secondary N) is 2. The molecule has 120 valence electrons. The summed E-state index contributed by atoms with van der Waals surface area (Å²) >= 11 is 0. The number of nitriles is 1. The van der Waals surface area contributed by atoms with Gasteiger partial charge in [0.1, 0.15) is 12.1 Å². The lowest BCUT2D eigenvalue weighted by Crippen LogP contribution is -2.53. The largest absolute Gasteiger partial charge is 0.409 e. The van der Waals surface area contributed by atoms with Crippen molar-refractivity contribution in [1.29, 1.82) is 5.26 Å². The minimum Gasteiger partial charge on any atom is -0.359 e. The Balaban J connectivity index is 2.23. The summed E-state index contributed by atoms with van der Waals surface area (Å²) in [6.07, 6.45) is -1.99. The van der Waals surface area contributed by atoms with E-state index in [4.69, 9.17) is 5.26 Å². The van der Waals surface area contributed by atoms with E-state index in [1.54, 1.807) is 6.07 Å². The van der Waals surface area contributed by atoms with Crippen LogP contribution < -0.4 is 10.9 Å². The fourth-order valence-corrected chi connectivity index (χ4v) is 1.93. The van der Waals surface area contributed by atoms with Crippen LogP contribution in [-0.2, 0) is 5.72 Å². The standard InChI is InChI=1S/C15H13F3N4O/c16-15(17,18)13(11-4-2-1-3-5-11)21-22-14(23,10-19)12-6-8-20-9-7-12/h1-9,13,21-23H. The number of benzene rings is 1. The van der Waals surface area contributed by atoms with Gasteiger partial charge < -0.3 is 5.11 Å². The lowest BCUT2D eigenvalue weighted by atomic mass is 10.1. The summed E-state index contributed by atoms with van der Waals surface area (Å²) in [6, 6.07) is 9.21. The van der Waals surface area contributed by atoms with Crippen molar-refractivity contribution < 1.29 is 18.3 Å². The van der Waals surface area contributed by atoms with Gasteiger partial charge in [0.15, 0.2) is 0 Å². The second-order valence-electron chi connectivity index (χ2n) is 4.71. The van der Waals surface area contributed by atoms with Crippen LogP contribution in [-0.4, -0.2) is 16.3 Å². The Kier molecular flexibility index (Phi) is 4.95. The zero-order chi connectivity index (χ0) is 16.9. The summed E-state index contributed by atoms with van der Waals surface area (Å²) < 4.78 is 39.6. The molecule has 0 aliphatic carbocycles. The lowest BCUT2D eigenvalue weighted by Gasteiger charge is -2.28.